The van der Waals surface area contributed by atoms with E-state index in [4.69, 9.17) is 4.42 Å². The Morgan fingerprint density at radius 1 is 1.19 bits per heavy atom. The molecule has 6 nitrogen and oxygen atoms in total. The van der Waals surface area contributed by atoms with Crippen molar-refractivity contribution in [3.05, 3.63) is 59.5 Å². The first-order valence-electron chi connectivity index (χ1n) is 8.32. The lowest BCUT2D eigenvalue weighted by atomic mass is 10.1. The molecular formula is C19H16N4O2S2. The van der Waals surface area contributed by atoms with Crippen LogP contribution in [-0.2, 0) is 11.3 Å². The lowest BCUT2D eigenvalue weighted by molar-refractivity contribution is -0.118. The van der Waals surface area contributed by atoms with Crippen molar-refractivity contribution >= 4 is 39.2 Å². The summed E-state index contributed by atoms with van der Waals surface area (Å²) in [5.74, 6) is 0.870. The summed E-state index contributed by atoms with van der Waals surface area (Å²) in [6.45, 7) is 2.33. The maximum Gasteiger partial charge on any atom is 0.230 e. The topological polar surface area (TPSA) is 80.9 Å². The Labute approximate surface area is 164 Å². The molecule has 136 valence electrons. The van der Waals surface area contributed by atoms with Crippen LogP contribution in [0.3, 0.4) is 0 Å². The van der Waals surface area contributed by atoms with Gasteiger partial charge >= 0.3 is 0 Å². The molecule has 8 heteroatoms. The van der Waals surface area contributed by atoms with Crippen molar-refractivity contribution in [1.29, 1.82) is 0 Å². The molecule has 0 bridgehead atoms. The Morgan fingerprint density at radius 3 is 2.81 bits per heavy atom. The van der Waals surface area contributed by atoms with Crippen LogP contribution in [0.25, 0.3) is 21.5 Å². The molecule has 0 saturated heterocycles. The van der Waals surface area contributed by atoms with Gasteiger partial charge in [0.2, 0.25) is 5.91 Å². The number of carbonyl (C=O) groups is 1. The van der Waals surface area contributed by atoms with Gasteiger partial charge in [-0.1, -0.05) is 42.1 Å². The van der Waals surface area contributed by atoms with Gasteiger partial charge in [0.05, 0.1) is 28.3 Å². The fourth-order valence-corrected chi connectivity index (χ4v) is 4.33. The molecule has 3 heterocycles. The highest BCUT2D eigenvalue weighted by Gasteiger charge is 2.16. The van der Waals surface area contributed by atoms with Gasteiger partial charge in [-0.25, -0.2) is 4.98 Å². The van der Waals surface area contributed by atoms with Gasteiger partial charge in [-0.2, -0.15) is 0 Å². The highest BCUT2D eigenvalue weighted by Crippen LogP contribution is 2.35. The first-order chi connectivity index (χ1) is 13.2. The summed E-state index contributed by atoms with van der Waals surface area (Å²) in [4.78, 5) is 16.7. The van der Waals surface area contributed by atoms with Crippen molar-refractivity contribution in [3.63, 3.8) is 0 Å². The molecular weight excluding hydrogens is 380 g/mol. The zero-order valence-corrected chi connectivity index (χ0v) is 16.1. The molecule has 4 rings (SSSR count). The maximum absolute atomic E-state index is 12.1. The molecule has 0 atom stereocenters. The summed E-state index contributed by atoms with van der Waals surface area (Å²) in [7, 11) is 0. The molecule has 0 saturated carbocycles. The predicted molar refractivity (Wildman–Crippen MR) is 107 cm³/mol. The molecule has 0 aliphatic heterocycles. The molecule has 0 fully saturated rings. The molecule has 1 aromatic carbocycles. The number of aromatic nitrogens is 3. The Kier molecular flexibility index (Phi) is 5.17. The fourth-order valence-electron chi connectivity index (χ4n) is 2.59. The maximum atomic E-state index is 12.1. The zero-order valence-electron chi connectivity index (χ0n) is 14.5. The van der Waals surface area contributed by atoms with Crippen LogP contribution in [-0.4, -0.2) is 26.8 Å². The number of hydrogen-bond acceptors (Lipinski definition) is 7. The average molecular weight is 396 g/mol. The number of fused-ring (bicyclic) bond motifs is 1. The second-order valence-corrected chi connectivity index (χ2v) is 7.94. The smallest absolute Gasteiger partial charge is 0.230 e. The molecule has 4 aromatic rings. The van der Waals surface area contributed by atoms with Crippen molar-refractivity contribution in [1.82, 2.24) is 20.5 Å². The second-order valence-electron chi connectivity index (χ2n) is 5.78. The van der Waals surface area contributed by atoms with Gasteiger partial charge in [-0.15, -0.1) is 21.5 Å². The average Bonchev–Trinajstić information content (AvgIpc) is 3.34. The number of nitrogens with one attached hydrogen (secondary N) is 1. The van der Waals surface area contributed by atoms with Crippen molar-refractivity contribution in [2.75, 3.05) is 5.75 Å². The lowest BCUT2D eigenvalue weighted by Gasteiger charge is -2.05. The third kappa shape index (κ3) is 4.01. The molecule has 0 spiro atoms. The molecule has 1 amide bonds. The summed E-state index contributed by atoms with van der Waals surface area (Å²) in [6.07, 6.45) is 1.58. The molecule has 27 heavy (non-hydrogen) atoms. The molecule has 0 unspecified atom stereocenters. The molecule has 0 aliphatic carbocycles. The van der Waals surface area contributed by atoms with E-state index in [2.05, 4.69) is 20.5 Å². The number of aryl methyl sites for hydroxylation is 1. The minimum absolute atomic E-state index is 0.0922. The summed E-state index contributed by atoms with van der Waals surface area (Å²) in [5, 5.41) is 13.2. The van der Waals surface area contributed by atoms with Gasteiger partial charge in [-0.3, -0.25) is 4.79 Å². The van der Waals surface area contributed by atoms with Crippen LogP contribution in [0.2, 0.25) is 0 Å². The van der Waals surface area contributed by atoms with Crippen LogP contribution in [0, 0.1) is 6.92 Å². The number of benzene rings is 1. The van der Waals surface area contributed by atoms with Crippen LogP contribution in [0.15, 0.2) is 58.2 Å². The highest BCUT2D eigenvalue weighted by atomic mass is 32.2. The first-order valence-corrected chi connectivity index (χ1v) is 10.1. The van der Waals surface area contributed by atoms with Crippen molar-refractivity contribution < 1.29 is 9.21 Å². The number of nitrogens with zero attached hydrogens (tertiary/aromatic N) is 3. The van der Waals surface area contributed by atoms with Crippen molar-refractivity contribution in [2.24, 2.45) is 0 Å². The number of thiazole rings is 1. The number of amides is 1. The fraction of sp³-hybridized carbons (Fsp3) is 0.158. The zero-order chi connectivity index (χ0) is 18.6. The standard InChI is InChI=1S/C19H16N4O2S2/c1-12-21-17-18(27-12)16(13-6-3-2-4-7-13)22-23-19(17)26-11-15(24)20-10-14-8-5-9-25-14/h2-9H,10-11H2,1H3,(H,20,24). The van der Waals surface area contributed by atoms with Crippen molar-refractivity contribution in [3.8, 4) is 11.3 Å². The van der Waals surface area contributed by atoms with Gasteiger partial charge in [0.25, 0.3) is 0 Å². The summed E-state index contributed by atoms with van der Waals surface area (Å²) in [5.41, 5.74) is 2.63. The van der Waals surface area contributed by atoms with Crippen LogP contribution in [0.4, 0.5) is 0 Å². The lowest BCUT2D eigenvalue weighted by Crippen LogP contribution is -2.24. The largest absolute Gasteiger partial charge is 0.467 e. The third-order valence-corrected chi connectivity index (χ3v) is 5.75. The number of carbonyl (C=O) groups excluding carboxylic acids is 1. The van der Waals surface area contributed by atoms with E-state index in [0.29, 0.717) is 11.6 Å². The van der Waals surface area contributed by atoms with E-state index in [1.165, 1.54) is 11.8 Å². The molecule has 3 aromatic heterocycles. The van der Waals surface area contributed by atoms with E-state index >= 15 is 0 Å². The van der Waals surface area contributed by atoms with E-state index in [-0.39, 0.29) is 11.7 Å². The van der Waals surface area contributed by atoms with E-state index in [0.717, 1.165) is 32.2 Å². The Hall–Kier alpha value is -2.71. The van der Waals surface area contributed by atoms with Crippen molar-refractivity contribution in [2.45, 2.75) is 18.5 Å². The van der Waals surface area contributed by atoms with Gasteiger partial charge in [0.1, 0.15) is 22.0 Å². The monoisotopic (exact) mass is 396 g/mol. The van der Waals surface area contributed by atoms with Crippen LogP contribution < -0.4 is 5.32 Å². The van der Waals surface area contributed by atoms with Crippen LogP contribution >= 0.6 is 23.1 Å². The van der Waals surface area contributed by atoms with E-state index in [1.807, 2.05) is 43.3 Å². The minimum atomic E-state index is -0.0922. The quantitative estimate of drug-likeness (QED) is 0.495. The minimum Gasteiger partial charge on any atom is -0.467 e. The van der Waals surface area contributed by atoms with E-state index in [1.54, 1.807) is 23.7 Å². The molecule has 0 aliphatic rings. The summed E-state index contributed by atoms with van der Waals surface area (Å²) < 4.78 is 6.20. The third-order valence-electron chi connectivity index (χ3n) is 3.82. The summed E-state index contributed by atoms with van der Waals surface area (Å²) >= 11 is 2.93. The number of thioether (sulfide) groups is 1. The first kappa shape index (κ1) is 17.7. The van der Waals surface area contributed by atoms with Gasteiger partial charge in [-0.05, 0) is 19.1 Å². The van der Waals surface area contributed by atoms with E-state index < -0.39 is 0 Å². The van der Waals surface area contributed by atoms with Crippen LogP contribution in [0.5, 0.6) is 0 Å². The SMILES string of the molecule is Cc1nc2c(SCC(=O)NCc3ccco3)nnc(-c3ccccc3)c2s1. The summed E-state index contributed by atoms with van der Waals surface area (Å²) in [6, 6.07) is 13.5. The predicted octanol–water partition coefficient (Wildman–Crippen LogP) is 4.06. The van der Waals surface area contributed by atoms with Gasteiger partial charge in [0, 0.05) is 5.56 Å². The van der Waals surface area contributed by atoms with Gasteiger partial charge < -0.3 is 9.73 Å². The Bertz CT molecular complexity index is 1060. The van der Waals surface area contributed by atoms with Gasteiger partial charge in [0.15, 0.2) is 0 Å². The molecule has 1 N–H and O–H groups in total. The number of furan rings is 1. The Balaban J connectivity index is 1.52. The number of rotatable bonds is 6. The normalized spacial score (nSPS) is 11.0. The van der Waals surface area contributed by atoms with E-state index in [9.17, 15) is 4.79 Å². The Morgan fingerprint density at radius 2 is 2.04 bits per heavy atom. The second kappa shape index (κ2) is 7.89. The van der Waals surface area contributed by atoms with Crippen LogP contribution in [0.1, 0.15) is 10.8 Å². The number of hydrogen-bond donors (Lipinski definition) is 1. The highest BCUT2D eigenvalue weighted by molar-refractivity contribution is 8.00. The molecule has 0 radical (unpaired) electrons.